The third-order valence-corrected chi connectivity index (χ3v) is 1.29. The molecule has 0 aliphatic rings. The predicted molar refractivity (Wildman–Crippen MR) is 37.0 cm³/mol. The Balaban J connectivity index is 0. The van der Waals surface area contributed by atoms with Crippen LogP contribution in [0.15, 0.2) is 24.4 Å². The van der Waals surface area contributed by atoms with Crippen LogP contribution >= 0.6 is 0 Å². The summed E-state index contributed by atoms with van der Waals surface area (Å²) in [5.74, 6) is 0. The highest BCUT2D eigenvalue weighted by molar-refractivity contribution is 4.95. The number of nitrogens with one attached hydrogen (secondary N) is 1. The van der Waals surface area contributed by atoms with E-state index in [2.05, 4.69) is 24.0 Å². The number of hydrogen-bond donors (Lipinski definition) is 0. The molecular weight excluding hydrogens is 225 g/mol. The van der Waals surface area contributed by atoms with Gasteiger partial charge in [0, 0.05) is 18.6 Å². The summed E-state index contributed by atoms with van der Waals surface area (Å²) < 4.78 is 0. The van der Waals surface area contributed by atoms with Crippen molar-refractivity contribution in [3.8, 4) is 0 Å². The van der Waals surface area contributed by atoms with Crippen LogP contribution in [-0.4, -0.2) is 0 Å². The summed E-state index contributed by atoms with van der Waals surface area (Å²) >= 11 is 0. The third-order valence-electron chi connectivity index (χ3n) is 1.29. The molecule has 3 heteroatoms. The third kappa shape index (κ3) is 5.22. The Morgan fingerprint density at radius 2 is 2.09 bits per heavy atom. The van der Waals surface area contributed by atoms with Crippen molar-refractivity contribution in [3.63, 3.8) is 0 Å². The molecule has 1 rings (SSSR count). The van der Waals surface area contributed by atoms with Crippen LogP contribution in [0, 0.1) is 0 Å². The summed E-state index contributed by atoms with van der Waals surface area (Å²) in [6.45, 7) is 2.18. The molecule has 0 unspecified atom stereocenters. The molecule has 0 radical (unpaired) electrons. The van der Waals surface area contributed by atoms with Gasteiger partial charge in [0.15, 0.2) is 11.9 Å². The van der Waals surface area contributed by atoms with E-state index in [-0.39, 0.29) is 29.4 Å². The SMILES string of the molecule is CCCc1cccc[nH+]1.[Br-].[Cl-]. The van der Waals surface area contributed by atoms with Gasteiger partial charge in [-0.25, -0.2) is 4.98 Å². The number of aromatic amines is 1. The van der Waals surface area contributed by atoms with Crippen LogP contribution < -0.4 is 34.4 Å². The van der Waals surface area contributed by atoms with Crippen LogP contribution in [0.4, 0.5) is 0 Å². The quantitative estimate of drug-likeness (QED) is 0.492. The molecular formula is C8H12BrClN-. The average molecular weight is 238 g/mol. The van der Waals surface area contributed by atoms with E-state index in [1.54, 1.807) is 0 Å². The molecule has 1 nitrogen and oxygen atoms in total. The highest BCUT2D eigenvalue weighted by Gasteiger charge is 1.93. The number of hydrogen-bond acceptors (Lipinski definition) is 0. The zero-order valence-electron chi connectivity index (χ0n) is 6.48. The lowest BCUT2D eigenvalue weighted by Crippen LogP contribution is -3.00. The summed E-state index contributed by atoms with van der Waals surface area (Å²) in [6, 6.07) is 6.17. The van der Waals surface area contributed by atoms with Gasteiger partial charge in [-0.2, -0.15) is 0 Å². The molecule has 1 aromatic rings. The Hall–Kier alpha value is -0.0800. The molecule has 1 N–H and O–H groups in total. The first-order chi connectivity index (χ1) is 4.43. The Morgan fingerprint density at radius 3 is 2.55 bits per heavy atom. The van der Waals surface area contributed by atoms with Crippen LogP contribution in [-0.2, 0) is 6.42 Å². The Labute approximate surface area is 84.4 Å². The molecule has 0 atom stereocenters. The van der Waals surface area contributed by atoms with Crippen LogP contribution in [0.25, 0.3) is 0 Å². The first kappa shape index (κ1) is 13.5. The standard InChI is InChI=1S/C8H11N.BrH.ClH/c1-2-5-8-6-3-4-7-9-8;;/h3-4,6-7H,2,5H2,1H3;2*1H/p-1. The summed E-state index contributed by atoms with van der Waals surface area (Å²) in [7, 11) is 0. The van der Waals surface area contributed by atoms with Crippen LogP contribution in [0.5, 0.6) is 0 Å². The molecule has 0 bridgehead atoms. The largest absolute Gasteiger partial charge is 1.00 e. The molecule has 0 saturated carbocycles. The monoisotopic (exact) mass is 236 g/mol. The molecule has 1 aromatic heterocycles. The molecule has 0 aromatic carbocycles. The van der Waals surface area contributed by atoms with Gasteiger partial charge in [0.05, 0.1) is 0 Å². The first-order valence-corrected chi connectivity index (χ1v) is 3.39. The van der Waals surface area contributed by atoms with Crippen molar-refractivity contribution >= 4 is 0 Å². The fourth-order valence-electron chi connectivity index (χ4n) is 0.855. The van der Waals surface area contributed by atoms with E-state index in [0.29, 0.717) is 0 Å². The van der Waals surface area contributed by atoms with E-state index in [1.807, 2.05) is 12.3 Å². The Bertz CT molecular complexity index is 167. The van der Waals surface area contributed by atoms with E-state index in [0.717, 1.165) is 6.42 Å². The number of halogens is 2. The second-order valence-electron chi connectivity index (χ2n) is 2.14. The molecule has 11 heavy (non-hydrogen) atoms. The van der Waals surface area contributed by atoms with Gasteiger partial charge in [-0.1, -0.05) is 13.0 Å². The molecule has 0 saturated heterocycles. The minimum Gasteiger partial charge on any atom is -1.00 e. The summed E-state index contributed by atoms with van der Waals surface area (Å²) in [6.07, 6.45) is 4.33. The number of pyridine rings is 1. The van der Waals surface area contributed by atoms with Gasteiger partial charge in [-0.3, -0.25) is 0 Å². The molecule has 0 aliphatic carbocycles. The van der Waals surface area contributed by atoms with Crippen molar-refractivity contribution in [1.29, 1.82) is 0 Å². The lowest BCUT2D eigenvalue weighted by molar-refractivity contribution is -0.390. The van der Waals surface area contributed by atoms with Gasteiger partial charge < -0.3 is 29.4 Å². The Kier molecular flexibility index (Phi) is 9.85. The van der Waals surface area contributed by atoms with Crippen LogP contribution in [0.1, 0.15) is 19.0 Å². The highest BCUT2D eigenvalue weighted by Crippen LogP contribution is 1.91. The summed E-state index contributed by atoms with van der Waals surface area (Å²) in [5.41, 5.74) is 1.32. The topological polar surface area (TPSA) is 14.1 Å². The lowest BCUT2D eigenvalue weighted by Gasteiger charge is -1.86. The molecule has 1 heterocycles. The molecule has 0 amide bonds. The molecule has 0 aliphatic heterocycles. The minimum atomic E-state index is 0. The Morgan fingerprint density at radius 1 is 1.36 bits per heavy atom. The molecule has 0 spiro atoms. The van der Waals surface area contributed by atoms with Gasteiger partial charge in [0.2, 0.25) is 0 Å². The zero-order chi connectivity index (χ0) is 6.53. The van der Waals surface area contributed by atoms with E-state index in [1.165, 1.54) is 12.1 Å². The first-order valence-electron chi connectivity index (χ1n) is 3.39. The number of rotatable bonds is 2. The van der Waals surface area contributed by atoms with E-state index in [9.17, 15) is 0 Å². The fraction of sp³-hybridized carbons (Fsp3) is 0.375. The molecule has 0 fully saturated rings. The maximum Gasteiger partial charge on any atom is 0.179 e. The average Bonchev–Trinajstić information content (AvgIpc) is 1.91. The number of aryl methyl sites for hydroxylation is 1. The van der Waals surface area contributed by atoms with E-state index in [4.69, 9.17) is 0 Å². The van der Waals surface area contributed by atoms with Gasteiger partial charge in [0.1, 0.15) is 0 Å². The smallest absolute Gasteiger partial charge is 0.179 e. The zero-order valence-corrected chi connectivity index (χ0v) is 8.82. The fourth-order valence-corrected chi connectivity index (χ4v) is 0.855. The van der Waals surface area contributed by atoms with Gasteiger partial charge in [0.25, 0.3) is 0 Å². The van der Waals surface area contributed by atoms with Crippen molar-refractivity contribution in [2.45, 2.75) is 19.8 Å². The summed E-state index contributed by atoms with van der Waals surface area (Å²) in [4.78, 5) is 3.17. The number of H-pyrrole nitrogens is 1. The second kappa shape index (κ2) is 8.02. The van der Waals surface area contributed by atoms with Crippen molar-refractivity contribution in [3.05, 3.63) is 30.1 Å². The normalized spacial score (nSPS) is 7.73. The van der Waals surface area contributed by atoms with Gasteiger partial charge in [-0.05, 0) is 6.42 Å². The van der Waals surface area contributed by atoms with E-state index >= 15 is 0 Å². The van der Waals surface area contributed by atoms with Gasteiger partial charge in [-0.15, -0.1) is 0 Å². The maximum atomic E-state index is 3.17. The van der Waals surface area contributed by atoms with Crippen molar-refractivity contribution < 1.29 is 34.4 Å². The molecule has 64 valence electrons. The predicted octanol–water partition coefficient (Wildman–Crippen LogP) is -4.54. The van der Waals surface area contributed by atoms with Crippen molar-refractivity contribution in [2.24, 2.45) is 0 Å². The maximum absolute atomic E-state index is 3.17. The minimum absolute atomic E-state index is 0. The summed E-state index contributed by atoms with van der Waals surface area (Å²) in [5, 5.41) is 0. The van der Waals surface area contributed by atoms with Crippen molar-refractivity contribution in [2.75, 3.05) is 0 Å². The van der Waals surface area contributed by atoms with Crippen LogP contribution in [0.2, 0.25) is 0 Å². The van der Waals surface area contributed by atoms with Gasteiger partial charge >= 0.3 is 0 Å². The lowest BCUT2D eigenvalue weighted by atomic mass is 10.2. The van der Waals surface area contributed by atoms with Crippen molar-refractivity contribution in [1.82, 2.24) is 0 Å². The number of aromatic nitrogens is 1. The highest BCUT2D eigenvalue weighted by atomic mass is 79.9. The van der Waals surface area contributed by atoms with E-state index < -0.39 is 0 Å². The van der Waals surface area contributed by atoms with Crippen LogP contribution in [0.3, 0.4) is 0 Å². The second-order valence-corrected chi connectivity index (χ2v) is 2.14.